The molecule has 1 aromatic carbocycles. The maximum absolute atomic E-state index is 10.0. The molecule has 0 bridgehead atoms. The third-order valence-electron chi connectivity index (χ3n) is 4.73. The zero-order valence-corrected chi connectivity index (χ0v) is 14.6. The number of morpholine rings is 1. The van der Waals surface area contributed by atoms with Crippen molar-refractivity contribution in [2.45, 2.75) is 38.8 Å². The minimum Gasteiger partial charge on any atom is -0.393 e. The molecular weight excluding hydrogens is 302 g/mol. The molecule has 2 N–H and O–H groups in total. The van der Waals surface area contributed by atoms with Crippen LogP contribution in [0.5, 0.6) is 0 Å². The summed E-state index contributed by atoms with van der Waals surface area (Å²) < 4.78 is 6.02. The SMILES string of the molecule is CCc1nc(CN2CCOC(CO)(Cc3ccccc3)C2)c(C)[nH]1. The van der Waals surface area contributed by atoms with E-state index in [0.717, 1.165) is 43.1 Å². The first-order valence-corrected chi connectivity index (χ1v) is 8.69. The van der Waals surface area contributed by atoms with Gasteiger partial charge < -0.3 is 14.8 Å². The number of nitrogens with zero attached hydrogens (tertiary/aromatic N) is 2. The largest absolute Gasteiger partial charge is 0.393 e. The highest BCUT2D eigenvalue weighted by Crippen LogP contribution is 2.24. The fourth-order valence-corrected chi connectivity index (χ4v) is 3.38. The molecule has 1 unspecified atom stereocenters. The molecule has 24 heavy (non-hydrogen) atoms. The van der Waals surface area contributed by atoms with Crippen LogP contribution in [0.15, 0.2) is 30.3 Å². The Morgan fingerprint density at radius 1 is 1.33 bits per heavy atom. The molecule has 5 heteroatoms. The van der Waals surface area contributed by atoms with Crippen LogP contribution in [-0.4, -0.2) is 51.9 Å². The van der Waals surface area contributed by atoms with Crippen LogP contribution in [-0.2, 0) is 24.1 Å². The summed E-state index contributed by atoms with van der Waals surface area (Å²) in [5.41, 5.74) is 2.89. The van der Waals surface area contributed by atoms with Crippen LogP contribution in [0, 0.1) is 6.92 Å². The zero-order chi connectivity index (χ0) is 17.0. The number of ether oxygens (including phenoxy) is 1. The molecule has 1 fully saturated rings. The van der Waals surface area contributed by atoms with Crippen molar-refractivity contribution in [3.63, 3.8) is 0 Å². The second kappa shape index (κ2) is 7.47. The predicted octanol–water partition coefficient (Wildman–Crippen LogP) is 2.09. The smallest absolute Gasteiger partial charge is 0.108 e. The number of aromatic amines is 1. The van der Waals surface area contributed by atoms with Crippen molar-refractivity contribution in [3.8, 4) is 0 Å². The van der Waals surface area contributed by atoms with Gasteiger partial charge in [0, 0.05) is 38.2 Å². The van der Waals surface area contributed by atoms with Gasteiger partial charge in [0.1, 0.15) is 11.4 Å². The van der Waals surface area contributed by atoms with Crippen molar-refractivity contribution in [1.82, 2.24) is 14.9 Å². The molecule has 0 amide bonds. The van der Waals surface area contributed by atoms with Crippen molar-refractivity contribution in [3.05, 3.63) is 53.1 Å². The number of hydrogen-bond donors (Lipinski definition) is 2. The Morgan fingerprint density at radius 3 is 2.79 bits per heavy atom. The van der Waals surface area contributed by atoms with Gasteiger partial charge in [-0.1, -0.05) is 37.3 Å². The normalized spacial score (nSPS) is 22.0. The van der Waals surface area contributed by atoms with E-state index in [9.17, 15) is 5.11 Å². The standard InChI is InChI=1S/C19H27N3O2/c1-3-18-20-15(2)17(21-18)12-22-9-10-24-19(13-22,14-23)11-16-7-5-4-6-8-16/h4-8,23H,3,9-14H2,1-2H3,(H,20,21). The van der Waals surface area contributed by atoms with E-state index < -0.39 is 5.60 Å². The Labute approximate surface area is 143 Å². The van der Waals surface area contributed by atoms with Crippen LogP contribution in [0.2, 0.25) is 0 Å². The minimum absolute atomic E-state index is 0.0259. The predicted molar refractivity (Wildman–Crippen MR) is 93.9 cm³/mol. The number of rotatable bonds is 6. The van der Waals surface area contributed by atoms with Crippen molar-refractivity contribution in [2.24, 2.45) is 0 Å². The monoisotopic (exact) mass is 329 g/mol. The fourth-order valence-electron chi connectivity index (χ4n) is 3.38. The van der Waals surface area contributed by atoms with Crippen LogP contribution >= 0.6 is 0 Å². The van der Waals surface area contributed by atoms with E-state index in [-0.39, 0.29) is 6.61 Å². The van der Waals surface area contributed by atoms with E-state index in [1.807, 2.05) is 18.2 Å². The van der Waals surface area contributed by atoms with Gasteiger partial charge in [-0.15, -0.1) is 0 Å². The first kappa shape index (κ1) is 17.1. The van der Waals surface area contributed by atoms with Gasteiger partial charge >= 0.3 is 0 Å². The number of imidazole rings is 1. The molecule has 0 spiro atoms. The molecule has 3 rings (SSSR count). The number of aliphatic hydroxyl groups is 1. The molecule has 0 saturated carbocycles. The Hall–Kier alpha value is -1.69. The summed E-state index contributed by atoms with van der Waals surface area (Å²) in [4.78, 5) is 10.4. The molecule has 1 aliphatic heterocycles. The van der Waals surface area contributed by atoms with Crippen LogP contribution in [0.1, 0.15) is 29.7 Å². The summed E-state index contributed by atoms with van der Waals surface area (Å²) in [7, 11) is 0. The third kappa shape index (κ3) is 3.86. The lowest BCUT2D eigenvalue weighted by Crippen LogP contribution is -2.55. The number of aryl methyl sites for hydroxylation is 2. The summed E-state index contributed by atoms with van der Waals surface area (Å²) in [6.07, 6.45) is 1.64. The summed E-state index contributed by atoms with van der Waals surface area (Å²) in [5.74, 6) is 1.04. The zero-order valence-electron chi connectivity index (χ0n) is 14.6. The van der Waals surface area contributed by atoms with Crippen LogP contribution in [0.25, 0.3) is 0 Å². The highest BCUT2D eigenvalue weighted by Gasteiger charge is 2.36. The molecule has 0 aliphatic carbocycles. The number of nitrogens with one attached hydrogen (secondary N) is 1. The lowest BCUT2D eigenvalue weighted by molar-refractivity contribution is -0.134. The molecule has 2 heterocycles. The first-order valence-electron chi connectivity index (χ1n) is 8.69. The maximum Gasteiger partial charge on any atom is 0.108 e. The molecule has 1 saturated heterocycles. The minimum atomic E-state index is -0.530. The summed E-state index contributed by atoms with van der Waals surface area (Å²) >= 11 is 0. The van der Waals surface area contributed by atoms with Gasteiger partial charge in [-0.3, -0.25) is 4.90 Å². The van der Waals surface area contributed by atoms with Gasteiger partial charge in [0.25, 0.3) is 0 Å². The molecule has 1 atom stereocenters. The third-order valence-corrected chi connectivity index (χ3v) is 4.73. The van der Waals surface area contributed by atoms with Crippen molar-refractivity contribution >= 4 is 0 Å². The van der Waals surface area contributed by atoms with Gasteiger partial charge in [0.15, 0.2) is 0 Å². The quantitative estimate of drug-likeness (QED) is 0.852. The fraction of sp³-hybridized carbons (Fsp3) is 0.526. The second-order valence-corrected chi connectivity index (χ2v) is 6.67. The van der Waals surface area contributed by atoms with Crippen LogP contribution in [0.3, 0.4) is 0 Å². The molecule has 0 radical (unpaired) electrons. The Morgan fingerprint density at radius 2 is 2.12 bits per heavy atom. The van der Waals surface area contributed by atoms with E-state index >= 15 is 0 Å². The average Bonchev–Trinajstić information content (AvgIpc) is 2.96. The Balaban J connectivity index is 1.71. The van der Waals surface area contributed by atoms with Crippen LogP contribution in [0.4, 0.5) is 0 Å². The summed E-state index contributed by atoms with van der Waals surface area (Å²) in [6.45, 7) is 7.22. The van der Waals surface area contributed by atoms with Gasteiger partial charge in [-0.25, -0.2) is 4.98 Å². The van der Waals surface area contributed by atoms with E-state index in [0.29, 0.717) is 13.2 Å². The van der Waals surface area contributed by atoms with Crippen molar-refractivity contribution in [2.75, 3.05) is 26.3 Å². The van der Waals surface area contributed by atoms with Gasteiger partial charge in [-0.05, 0) is 12.5 Å². The summed E-state index contributed by atoms with van der Waals surface area (Å²) in [5, 5.41) is 10.0. The highest BCUT2D eigenvalue weighted by molar-refractivity contribution is 5.18. The molecule has 1 aliphatic rings. The lowest BCUT2D eigenvalue weighted by Gasteiger charge is -2.41. The van der Waals surface area contributed by atoms with Gasteiger partial charge in [-0.2, -0.15) is 0 Å². The maximum atomic E-state index is 10.0. The first-order chi connectivity index (χ1) is 11.6. The molecule has 130 valence electrons. The Bertz CT molecular complexity index is 656. The summed E-state index contributed by atoms with van der Waals surface area (Å²) in [6, 6.07) is 10.2. The van der Waals surface area contributed by atoms with Gasteiger partial charge in [0.2, 0.25) is 0 Å². The number of benzene rings is 1. The number of aliphatic hydroxyl groups excluding tert-OH is 1. The van der Waals surface area contributed by atoms with E-state index in [1.54, 1.807) is 0 Å². The lowest BCUT2D eigenvalue weighted by atomic mass is 9.93. The van der Waals surface area contributed by atoms with Crippen LogP contribution < -0.4 is 0 Å². The van der Waals surface area contributed by atoms with Crippen molar-refractivity contribution < 1.29 is 9.84 Å². The number of hydrogen-bond acceptors (Lipinski definition) is 4. The van der Waals surface area contributed by atoms with E-state index in [2.05, 4.69) is 40.8 Å². The molecule has 5 nitrogen and oxygen atoms in total. The van der Waals surface area contributed by atoms with Gasteiger partial charge in [0.05, 0.1) is 18.9 Å². The molecular formula is C19H27N3O2. The number of H-pyrrole nitrogens is 1. The van der Waals surface area contributed by atoms with E-state index in [1.165, 1.54) is 5.56 Å². The Kier molecular flexibility index (Phi) is 5.33. The average molecular weight is 329 g/mol. The van der Waals surface area contributed by atoms with E-state index in [4.69, 9.17) is 4.74 Å². The van der Waals surface area contributed by atoms with Crippen molar-refractivity contribution in [1.29, 1.82) is 0 Å². The molecule has 2 aromatic rings. The molecule has 1 aromatic heterocycles. The number of aromatic nitrogens is 2. The highest BCUT2D eigenvalue weighted by atomic mass is 16.5. The topological polar surface area (TPSA) is 61.4 Å². The second-order valence-electron chi connectivity index (χ2n) is 6.67.